The van der Waals surface area contributed by atoms with Crippen molar-refractivity contribution in [3.8, 4) is 0 Å². The second-order valence-electron chi connectivity index (χ2n) is 5.35. The highest BCUT2D eigenvalue weighted by Gasteiger charge is 2.13. The van der Waals surface area contributed by atoms with Gasteiger partial charge in [0.2, 0.25) is 0 Å². The molecular weight excluding hydrogens is 218 g/mol. The Morgan fingerprint density at radius 1 is 1.17 bits per heavy atom. The third-order valence-corrected chi connectivity index (χ3v) is 3.68. The van der Waals surface area contributed by atoms with Gasteiger partial charge in [0.25, 0.3) is 0 Å². The van der Waals surface area contributed by atoms with Crippen LogP contribution in [0.3, 0.4) is 0 Å². The van der Waals surface area contributed by atoms with Crippen molar-refractivity contribution in [3.05, 3.63) is 35.4 Å². The minimum absolute atomic E-state index is 0.516. The van der Waals surface area contributed by atoms with Crippen molar-refractivity contribution in [2.24, 2.45) is 5.92 Å². The van der Waals surface area contributed by atoms with Gasteiger partial charge in [-0.3, -0.25) is 0 Å². The molecule has 1 rings (SSSR count). The molecule has 1 nitrogen and oxygen atoms in total. The van der Waals surface area contributed by atoms with E-state index in [1.54, 1.807) is 0 Å². The molecule has 0 aromatic heterocycles. The summed E-state index contributed by atoms with van der Waals surface area (Å²) in [6.07, 6.45) is 4.91. The second kappa shape index (κ2) is 8.31. The predicted molar refractivity (Wildman–Crippen MR) is 80.9 cm³/mol. The predicted octanol–water partition coefficient (Wildman–Crippen LogP) is 4.73. The molecule has 18 heavy (non-hydrogen) atoms. The van der Waals surface area contributed by atoms with Gasteiger partial charge < -0.3 is 5.32 Å². The Morgan fingerprint density at radius 2 is 1.94 bits per heavy atom. The van der Waals surface area contributed by atoms with Crippen LogP contribution < -0.4 is 5.32 Å². The Morgan fingerprint density at radius 3 is 2.56 bits per heavy atom. The lowest BCUT2D eigenvalue weighted by atomic mass is 9.93. The molecule has 0 aliphatic rings. The Kier molecular flexibility index (Phi) is 7.04. The minimum Gasteiger partial charge on any atom is -0.310 e. The average molecular weight is 247 g/mol. The van der Waals surface area contributed by atoms with Crippen LogP contribution in [0.25, 0.3) is 0 Å². The molecule has 0 saturated heterocycles. The minimum atomic E-state index is 0.516. The average Bonchev–Trinajstić information content (AvgIpc) is 2.39. The Hall–Kier alpha value is -0.820. The van der Waals surface area contributed by atoms with Crippen LogP contribution >= 0.6 is 0 Å². The van der Waals surface area contributed by atoms with Gasteiger partial charge in [-0.1, -0.05) is 64.8 Å². The molecule has 1 N–H and O–H groups in total. The monoisotopic (exact) mass is 247 g/mol. The zero-order chi connectivity index (χ0) is 13.4. The number of hydrogen-bond donors (Lipinski definition) is 1. The zero-order valence-corrected chi connectivity index (χ0v) is 12.5. The summed E-state index contributed by atoms with van der Waals surface area (Å²) >= 11 is 0. The maximum absolute atomic E-state index is 3.63. The van der Waals surface area contributed by atoms with Crippen LogP contribution in [0.2, 0.25) is 0 Å². The standard InChI is InChI=1S/C17H29N/c1-5-9-15-10-8-11-16(13-15)17(18-7-3)12-14(4)6-2/h8,10-11,13-14,17-18H,5-7,9,12H2,1-4H3. The van der Waals surface area contributed by atoms with Crippen molar-refractivity contribution in [2.45, 2.75) is 59.4 Å². The summed E-state index contributed by atoms with van der Waals surface area (Å²) in [5, 5.41) is 3.63. The quantitative estimate of drug-likeness (QED) is 0.700. The molecule has 0 radical (unpaired) electrons. The molecule has 0 aliphatic carbocycles. The molecule has 0 amide bonds. The van der Waals surface area contributed by atoms with Crippen LogP contribution in [0.5, 0.6) is 0 Å². The zero-order valence-electron chi connectivity index (χ0n) is 12.5. The normalized spacial score (nSPS) is 14.4. The first-order valence-corrected chi connectivity index (χ1v) is 7.53. The van der Waals surface area contributed by atoms with Crippen LogP contribution in [-0.4, -0.2) is 6.54 Å². The van der Waals surface area contributed by atoms with Gasteiger partial charge in [0.1, 0.15) is 0 Å². The van der Waals surface area contributed by atoms with Crippen molar-refractivity contribution < 1.29 is 0 Å². The molecule has 0 aliphatic heterocycles. The fraction of sp³-hybridized carbons (Fsp3) is 0.647. The highest BCUT2D eigenvalue weighted by atomic mass is 14.9. The summed E-state index contributed by atoms with van der Waals surface area (Å²) in [7, 11) is 0. The lowest BCUT2D eigenvalue weighted by Crippen LogP contribution is -2.23. The fourth-order valence-electron chi connectivity index (χ4n) is 2.41. The highest BCUT2D eigenvalue weighted by Crippen LogP contribution is 2.24. The van der Waals surface area contributed by atoms with Crippen LogP contribution in [0.1, 0.15) is 64.1 Å². The van der Waals surface area contributed by atoms with E-state index in [-0.39, 0.29) is 0 Å². The third-order valence-electron chi connectivity index (χ3n) is 3.68. The maximum Gasteiger partial charge on any atom is 0.0322 e. The second-order valence-corrected chi connectivity index (χ2v) is 5.35. The summed E-state index contributed by atoms with van der Waals surface area (Å²) in [4.78, 5) is 0. The SMILES string of the molecule is CCCc1cccc(C(CC(C)CC)NCC)c1. The van der Waals surface area contributed by atoms with E-state index < -0.39 is 0 Å². The topological polar surface area (TPSA) is 12.0 Å². The number of hydrogen-bond acceptors (Lipinski definition) is 1. The molecular formula is C17H29N. The van der Waals surface area contributed by atoms with Crippen molar-refractivity contribution in [1.29, 1.82) is 0 Å². The summed E-state index contributed by atoms with van der Waals surface area (Å²) in [5.41, 5.74) is 2.94. The van der Waals surface area contributed by atoms with Gasteiger partial charge in [0.15, 0.2) is 0 Å². The van der Waals surface area contributed by atoms with E-state index in [1.807, 2.05) is 0 Å². The van der Waals surface area contributed by atoms with Crippen LogP contribution in [0, 0.1) is 5.92 Å². The Labute approximate surface area is 113 Å². The Balaban J connectivity index is 2.80. The van der Waals surface area contributed by atoms with Crippen molar-refractivity contribution in [2.75, 3.05) is 6.54 Å². The van der Waals surface area contributed by atoms with Crippen molar-refractivity contribution in [3.63, 3.8) is 0 Å². The Bertz CT molecular complexity index is 332. The van der Waals surface area contributed by atoms with Crippen LogP contribution in [-0.2, 0) is 6.42 Å². The van der Waals surface area contributed by atoms with Gasteiger partial charge in [-0.05, 0) is 36.4 Å². The highest BCUT2D eigenvalue weighted by molar-refractivity contribution is 5.26. The lowest BCUT2D eigenvalue weighted by molar-refractivity contribution is 0.408. The van der Waals surface area contributed by atoms with Gasteiger partial charge in [0, 0.05) is 6.04 Å². The van der Waals surface area contributed by atoms with E-state index in [1.165, 1.54) is 36.8 Å². The first-order valence-electron chi connectivity index (χ1n) is 7.53. The molecule has 0 spiro atoms. The summed E-state index contributed by atoms with van der Waals surface area (Å²) in [5.74, 6) is 0.781. The summed E-state index contributed by atoms with van der Waals surface area (Å²) in [6.45, 7) is 10.1. The molecule has 2 atom stereocenters. The van der Waals surface area contributed by atoms with Gasteiger partial charge >= 0.3 is 0 Å². The molecule has 0 saturated carbocycles. The van der Waals surface area contributed by atoms with Gasteiger partial charge in [-0.15, -0.1) is 0 Å². The number of aryl methyl sites for hydroxylation is 1. The third kappa shape index (κ3) is 4.81. The smallest absolute Gasteiger partial charge is 0.0322 e. The van der Waals surface area contributed by atoms with Crippen molar-refractivity contribution in [1.82, 2.24) is 5.32 Å². The number of benzene rings is 1. The van der Waals surface area contributed by atoms with Crippen molar-refractivity contribution >= 4 is 0 Å². The molecule has 1 aromatic rings. The first kappa shape index (κ1) is 15.2. The van der Waals surface area contributed by atoms with E-state index >= 15 is 0 Å². The fourth-order valence-corrected chi connectivity index (χ4v) is 2.41. The van der Waals surface area contributed by atoms with Gasteiger partial charge in [-0.25, -0.2) is 0 Å². The number of rotatable bonds is 8. The van der Waals surface area contributed by atoms with E-state index in [0.29, 0.717) is 6.04 Å². The van der Waals surface area contributed by atoms with Gasteiger partial charge in [0.05, 0.1) is 0 Å². The van der Waals surface area contributed by atoms with E-state index in [4.69, 9.17) is 0 Å². The molecule has 0 heterocycles. The molecule has 102 valence electrons. The molecule has 2 unspecified atom stereocenters. The van der Waals surface area contributed by atoms with E-state index in [2.05, 4.69) is 57.3 Å². The molecule has 0 bridgehead atoms. The van der Waals surface area contributed by atoms with Crippen LogP contribution in [0.4, 0.5) is 0 Å². The van der Waals surface area contributed by atoms with Gasteiger partial charge in [-0.2, -0.15) is 0 Å². The molecule has 1 heteroatoms. The van der Waals surface area contributed by atoms with E-state index in [9.17, 15) is 0 Å². The largest absolute Gasteiger partial charge is 0.310 e. The van der Waals surface area contributed by atoms with Crippen LogP contribution in [0.15, 0.2) is 24.3 Å². The summed E-state index contributed by atoms with van der Waals surface area (Å²) in [6, 6.07) is 9.64. The first-order chi connectivity index (χ1) is 8.71. The van der Waals surface area contributed by atoms with E-state index in [0.717, 1.165) is 12.5 Å². The maximum atomic E-state index is 3.63. The molecule has 1 aromatic carbocycles. The summed E-state index contributed by atoms with van der Waals surface area (Å²) < 4.78 is 0. The number of nitrogens with one attached hydrogen (secondary N) is 1. The lowest BCUT2D eigenvalue weighted by Gasteiger charge is -2.22. The molecule has 0 fully saturated rings.